The van der Waals surface area contributed by atoms with Gasteiger partial charge in [-0.3, -0.25) is 0 Å². The molecule has 2 aliphatic rings. The van der Waals surface area contributed by atoms with Gasteiger partial charge in [0, 0.05) is 5.56 Å². The molecule has 1 unspecified atom stereocenters. The highest BCUT2D eigenvalue weighted by Crippen LogP contribution is 2.44. The van der Waals surface area contributed by atoms with Gasteiger partial charge in [-0.05, 0) is 57.2 Å². The van der Waals surface area contributed by atoms with Gasteiger partial charge in [0.15, 0.2) is 0 Å². The third-order valence-corrected chi connectivity index (χ3v) is 4.74. The molecule has 1 N–H and O–H groups in total. The Labute approximate surface area is 115 Å². The summed E-state index contributed by atoms with van der Waals surface area (Å²) in [6.45, 7) is 3.40. The molecule has 0 fully saturated rings. The van der Waals surface area contributed by atoms with Gasteiger partial charge < -0.3 is 10.1 Å². The van der Waals surface area contributed by atoms with Crippen LogP contribution in [-0.2, 0) is 5.54 Å². The van der Waals surface area contributed by atoms with Gasteiger partial charge in [0.1, 0.15) is 5.75 Å². The average molecular weight is 257 g/mol. The van der Waals surface area contributed by atoms with Gasteiger partial charge in [0.25, 0.3) is 0 Å². The summed E-state index contributed by atoms with van der Waals surface area (Å²) in [6.07, 6.45) is 6.44. The molecule has 1 aromatic rings. The molecule has 3 rings (SSSR count). The lowest BCUT2D eigenvalue weighted by molar-refractivity contribution is 0.343. The number of methoxy groups -OCH3 is 1. The number of ether oxygens (including phenoxy) is 1. The number of benzene rings is 1. The zero-order valence-corrected chi connectivity index (χ0v) is 12.0. The van der Waals surface area contributed by atoms with E-state index in [4.69, 9.17) is 4.74 Å². The second kappa shape index (κ2) is 5.01. The van der Waals surface area contributed by atoms with Crippen molar-refractivity contribution >= 4 is 0 Å². The summed E-state index contributed by atoms with van der Waals surface area (Å²) >= 11 is 0. The van der Waals surface area contributed by atoms with Crippen molar-refractivity contribution in [3.8, 4) is 5.75 Å². The molecule has 0 saturated heterocycles. The van der Waals surface area contributed by atoms with E-state index in [1.165, 1.54) is 37.7 Å². The normalized spacial score (nSPS) is 27.1. The van der Waals surface area contributed by atoms with Crippen molar-refractivity contribution in [2.24, 2.45) is 0 Å². The largest absolute Gasteiger partial charge is 0.496 e. The lowest BCUT2D eigenvalue weighted by atomic mass is 9.73. The summed E-state index contributed by atoms with van der Waals surface area (Å²) in [4.78, 5) is 0. The fourth-order valence-electron chi connectivity index (χ4n) is 3.73. The molecule has 102 valence electrons. The molecule has 0 bridgehead atoms. The smallest absolute Gasteiger partial charge is 0.124 e. The molecular formula is C17H23NO. The van der Waals surface area contributed by atoms with Gasteiger partial charge in [-0.1, -0.05) is 23.8 Å². The summed E-state index contributed by atoms with van der Waals surface area (Å²) in [5.74, 6) is 0.997. The van der Waals surface area contributed by atoms with Gasteiger partial charge in [-0.2, -0.15) is 0 Å². The molecule has 0 amide bonds. The molecule has 0 spiro atoms. The maximum absolute atomic E-state index is 5.58. The van der Waals surface area contributed by atoms with Crippen molar-refractivity contribution in [2.45, 2.75) is 44.6 Å². The molecule has 1 aliphatic carbocycles. The van der Waals surface area contributed by atoms with Crippen molar-refractivity contribution in [3.05, 3.63) is 41.0 Å². The Kier molecular flexibility index (Phi) is 3.36. The Morgan fingerprint density at radius 2 is 1.89 bits per heavy atom. The third-order valence-electron chi connectivity index (χ3n) is 4.74. The van der Waals surface area contributed by atoms with E-state index in [9.17, 15) is 0 Å². The highest BCUT2D eigenvalue weighted by molar-refractivity contribution is 5.47. The molecule has 1 heterocycles. The Balaban J connectivity index is 2.10. The molecule has 1 aromatic carbocycles. The highest BCUT2D eigenvalue weighted by Gasteiger charge is 2.37. The summed E-state index contributed by atoms with van der Waals surface area (Å²) in [5, 5.41) is 3.75. The molecular weight excluding hydrogens is 234 g/mol. The second-order valence-corrected chi connectivity index (χ2v) is 5.79. The summed E-state index contributed by atoms with van der Waals surface area (Å²) in [5.41, 5.74) is 4.56. The van der Waals surface area contributed by atoms with E-state index in [1.807, 2.05) is 6.07 Å². The van der Waals surface area contributed by atoms with Crippen LogP contribution >= 0.6 is 0 Å². The number of hydrogen-bond acceptors (Lipinski definition) is 2. The third kappa shape index (κ3) is 2.08. The van der Waals surface area contributed by atoms with Crippen LogP contribution < -0.4 is 10.1 Å². The van der Waals surface area contributed by atoms with Crippen LogP contribution in [0.15, 0.2) is 35.4 Å². The standard InChI is InChI=1S/C17H23NO/c1-17(15-9-5-6-10-16(15)19-2)14-8-4-3-7-13(14)11-12-18-17/h5-6,9-10,18H,3-4,7-8,11-12H2,1-2H3. The van der Waals surface area contributed by atoms with E-state index >= 15 is 0 Å². The van der Waals surface area contributed by atoms with Crippen LogP contribution in [0.4, 0.5) is 0 Å². The average Bonchev–Trinajstić information content (AvgIpc) is 2.48. The SMILES string of the molecule is COc1ccccc1C1(C)NCCC2=C1CCCC2. The highest BCUT2D eigenvalue weighted by atomic mass is 16.5. The molecule has 1 aliphatic heterocycles. The van der Waals surface area contributed by atoms with Crippen molar-refractivity contribution in [1.29, 1.82) is 0 Å². The summed E-state index contributed by atoms with van der Waals surface area (Å²) < 4.78 is 5.58. The van der Waals surface area contributed by atoms with Crippen LogP contribution in [0.5, 0.6) is 5.75 Å². The van der Waals surface area contributed by atoms with Gasteiger partial charge >= 0.3 is 0 Å². The predicted octanol–water partition coefficient (Wildman–Crippen LogP) is 3.77. The first-order valence-corrected chi connectivity index (χ1v) is 7.35. The topological polar surface area (TPSA) is 21.3 Å². The van der Waals surface area contributed by atoms with Crippen LogP contribution in [0.3, 0.4) is 0 Å². The minimum absolute atomic E-state index is 0.0411. The number of para-hydroxylation sites is 1. The summed E-state index contributed by atoms with van der Waals surface area (Å²) in [6, 6.07) is 8.43. The molecule has 1 atom stereocenters. The molecule has 0 radical (unpaired) electrons. The van der Waals surface area contributed by atoms with Gasteiger partial charge in [-0.25, -0.2) is 0 Å². The maximum atomic E-state index is 5.58. The Morgan fingerprint density at radius 1 is 1.11 bits per heavy atom. The zero-order chi connectivity index (χ0) is 13.3. The monoisotopic (exact) mass is 257 g/mol. The van der Waals surface area contributed by atoms with Crippen LogP contribution in [0.2, 0.25) is 0 Å². The van der Waals surface area contributed by atoms with Crippen LogP contribution in [0.1, 0.15) is 44.6 Å². The predicted molar refractivity (Wildman–Crippen MR) is 78.5 cm³/mol. The number of rotatable bonds is 2. The van der Waals surface area contributed by atoms with E-state index < -0.39 is 0 Å². The van der Waals surface area contributed by atoms with Gasteiger partial charge in [0.2, 0.25) is 0 Å². The van der Waals surface area contributed by atoms with Crippen LogP contribution in [0, 0.1) is 0 Å². The minimum atomic E-state index is -0.0411. The number of nitrogens with one attached hydrogen (secondary N) is 1. The van der Waals surface area contributed by atoms with Gasteiger partial charge in [-0.15, -0.1) is 0 Å². The van der Waals surface area contributed by atoms with Crippen LogP contribution in [0.25, 0.3) is 0 Å². The Bertz CT molecular complexity index is 502. The Morgan fingerprint density at radius 3 is 2.74 bits per heavy atom. The quantitative estimate of drug-likeness (QED) is 0.814. The van der Waals surface area contributed by atoms with E-state index in [0.29, 0.717) is 0 Å². The summed E-state index contributed by atoms with van der Waals surface area (Å²) in [7, 11) is 1.77. The van der Waals surface area contributed by atoms with Crippen molar-refractivity contribution in [3.63, 3.8) is 0 Å². The van der Waals surface area contributed by atoms with E-state index in [2.05, 4.69) is 30.4 Å². The molecule has 0 saturated carbocycles. The van der Waals surface area contributed by atoms with E-state index in [0.717, 1.165) is 12.3 Å². The zero-order valence-electron chi connectivity index (χ0n) is 12.0. The fourth-order valence-corrected chi connectivity index (χ4v) is 3.73. The fraction of sp³-hybridized carbons (Fsp3) is 0.529. The molecule has 2 heteroatoms. The number of hydrogen-bond donors (Lipinski definition) is 1. The second-order valence-electron chi connectivity index (χ2n) is 5.79. The lowest BCUT2D eigenvalue weighted by Crippen LogP contribution is -2.46. The minimum Gasteiger partial charge on any atom is -0.496 e. The first-order valence-electron chi connectivity index (χ1n) is 7.35. The van der Waals surface area contributed by atoms with E-state index in [1.54, 1.807) is 18.3 Å². The lowest BCUT2D eigenvalue weighted by Gasteiger charge is -2.42. The molecule has 0 aromatic heterocycles. The van der Waals surface area contributed by atoms with E-state index in [-0.39, 0.29) is 5.54 Å². The van der Waals surface area contributed by atoms with Gasteiger partial charge in [0.05, 0.1) is 12.6 Å². The maximum Gasteiger partial charge on any atom is 0.124 e. The van der Waals surface area contributed by atoms with Crippen molar-refractivity contribution in [2.75, 3.05) is 13.7 Å². The van der Waals surface area contributed by atoms with Crippen molar-refractivity contribution in [1.82, 2.24) is 5.32 Å². The first-order chi connectivity index (χ1) is 9.25. The molecule has 19 heavy (non-hydrogen) atoms. The first kappa shape index (κ1) is 12.7. The van der Waals surface area contributed by atoms with Crippen LogP contribution in [-0.4, -0.2) is 13.7 Å². The Hall–Kier alpha value is -1.28. The van der Waals surface area contributed by atoms with Crippen molar-refractivity contribution < 1.29 is 4.74 Å². The molecule has 2 nitrogen and oxygen atoms in total.